The lowest BCUT2D eigenvalue weighted by Gasteiger charge is -2.09. The first kappa shape index (κ1) is 13.6. The molecule has 0 saturated heterocycles. The minimum absolute atomic E-state index is 0.684. The molecule has 0 saturated carbocycles. The molecule has 16 heavy (non-hydrogen) atoms. The minimum atomic E-state index is 0.684. The highest BCUT2D eigenvalue weighted by molar-refractivity contribution is 14.1. The van der Waals surface area contributed by atoms with Crippen molar-refractivity contribution in [2.75, 3.05) is 25.6 Å². The number of aryl methyl sites for hydroxylation is 1. The van der Waals surface area contributed by atoms with Crippen LogP contribution >= 0.6 is 22.6 Å². The third kappa shape index (κ3) is 3.55. The van der Waals surface area contributed by atoms with Gasteiger partial charge in [-0.3, -0.25) is 0 Å². The van der Waals surface area contributed by atoms with Crippen molar-refractivity contribution < 1.29 is 4.74 Å². The van der Waals surface area contributed by atoms with Gasteiger partial charge in [0.25, 0.3) is 0 Å². The summed E-state index contributed by atoms with van der Waals surface area (Å²) in [7, 11) is 1.89. The van der Waals surface area contributed by atoms with E-state index in [4.69, 9.17) is 4.74 Å². The van der Waals surface area contributed by atoms with Crippen molar-refractivity contribution in [1.29, 1.82) is 0 Å². The molecule has 0 spiro atoms. The van der Waals surface area contributed by atoms with E-state index in [0.717, 1.165) is 40.4 Å². The quantitative estimate of drug-likeness (QED) is 0.640. The number of nitrogens with zero attached hydrogens (tertiary/aromatic N) is 2. The molecule has 0 amide bonds. The maximum atomic E-state index is 5.31. The predicted molar refractivity (Wildman–Crippen MR) is 73.9 cm³/mol. The van der Waals surface area contributed by atoms with Crippen LogP contribution in [0.25, 0.3) is 0 Å². The molecule has 1 rings (SSSR count). The smallest absolute Gasteiger partial charge is 0.143 e. The summed E-state index contributed by atoms with van der Waals surface area (Å²) in [5.41, 5.74) is 1.10. The van der Waals surface area contributed by atoms with E-state index in [9.17, 15) is 0 Å². The monoisotopic (exact) mass is 335 g/mol. The van der Waals surface area contributed by atoms with Crippen molar-refractivity contribution in [3.8, 4) is 0 Å². The molecule has 4 nitrogen and oxygen atoms in total. The van der Waals surface area contributed by atoms with Crippen LogP contribution in [0.4, 0.5) is 5.82 Å². The van der Waals surface area contributed by atoms with Gasteiger partial charge < -0.3 is 10.1 Å². The molecule has 0 aliphatic rings. The second kappa shape index (κ2) is 7.01. The summed E-state index contributed by atoms with van der Waals surface area (Å²) in [6.07, 6.45) is 1.70. The lowest BCUT2D eigenvalue weighted by molar-refractivity contribution is 0.149. The summed E-state index contributed by atoms with van der Waals surface area (Å²) in [5, 5.41) is 3.10. The summed E-state index contributed by atoms with van der Waals surface area (Å²) < 4.78 is 6.43. The number of nitrogens with one attached hydrogen (secondary N) is 1. The normalized spacial score (nSPS) is 10.5. The molecule has 0 unspecified atom stereocenters. The van der Waals surface area contributed by atoms with Crippen LogP contribution < -0.4 is 5.32 Å². The number of hydrogen-bond donors (Lipinski definition) is 1. The van der Waals surface area contributed by atoms with Crippen LogP contribution in [0.3, 0.4) is 0 Å². The summed E-state index contributed by atoms with van der Waals surface area (Å²) in [6.45, 7) is 5.52. The Morgan fingerprint density at radius 2 is 2.06 bits per heavy atom. The number of aromatic nitrogens is 2. The van der Waals surface area contributed by atoms with E-state index < -0.39 is 0 Å². The highest BCUT2D eigenvalue weighted by Crippen LogP contribution is 2.19. The zero-order chi connectivity index (χ0) is 12.0. The van der Waals surface area contributed by atoms with Crippen LogP contribution in [0.15, 0.2) is 0 Å². The average molecular weight is 335 g/mol. The number of ether oxygens (including phenoxy) is 1. The van der Waals surface area contributed by atoms with E-state index in [-0.39, 0.29) is 0 Å². The van der Waals surface area contributed by atoms with Crippen molar-refractivity contribution in [1.82, 2.24) is 9.97 Å². The predicted octanol–water partition coefficient (Wildman–Crippen LogP) is 2.26. The van der Waals surface area contributed by atoms with E-state index in [1.807, 2.05) is 14.0 Å². The number of hydrogen-bond acceptors (Lipinski definition) is 4. The van der Waals surface area contributed by atoms with E-state index in [0.29, 0.717) is 6.61 Å². The Bertz CT molecular complexity index is 319. The molecule has 0 fully saturated rings. The Kier molecular flexibility index (Phi) is 5.97. The molecule has 0 bridgehead atoms. The molecule has 0 aromatic carbocycles. The van der Waals surface area contributed by atoms with Crippen molar-refractivity contribution in [3.63, 3.8) is 0 Å². The van der Waals surface area contributed by atoms with Crippen molar-refractivity contribution >= 4 is 28.4 Å². The standard InChI is InChI=1S/C11H18IN3O/c1-4-8-10(12)11(13-3)15-9(14-8)6-7-16-5-2/h4-7H2,1-3H3,(H,13,14,15). The average Bonchev–Trinajstić information content (AvgIpc) is 2.31. The summed E-state index contributed by atoms with van der Waals surface area (Å²) in [4.78, 5) is 8.99. The summed E-state index contributed by atoms with van der Waals surface area (Å²) in [6, 6.07) is 0. The van der Waals surface area contributed by atoms with Crippen LogP contribution in [0, 0.1) is 3.57 Å². The van der Waals surface area contributed by atoms with Gasteiger partial charge in [0.15, 0.2) is 0 Å². The first-order valence-electron chi connectivity index (χ1n) is 5.53. The topological polar surface area (TPSA) is 47.0 Å². The van der Waals surface area contributed by atoms with Gasteiger partial charge in [0.05, 0.1) is 15.9 Å². The Morgan fingerprint density at radius 3 is 2.62 bits per heavy atom. The van der Waals surface area contributed by atoms with Gasteiger partial charge in [0.2, 0.25) is 0 Å². The third-order valence-corrected chi connectivity index (χ3v) is 3.35. The van der Waals surface area contributed by atoms with Gasteiger partial charge in [0, 0.05) is 20.1 Å². The van der Waals surface area contributed by atoms with Crippen LogP contribution in [-0.2, 0) is 17.6 Å². The highest BCUT2D eigenvalue weighted by Gasteiger charge is 2.09. The molecule has 0 aliphatic heterocycles. The van der Waals surface area contributed by atoms with E-state index in [1.165, 1.54) is 0 Å². The number of halogens is 1. The van der Waals surface area contributed by atoms with Gasteiger partial charge in [-0.2, -0.15) is 0 Å². The zero-order valence-electron chi connectivity index (χ0n) is 10.0. The van der Waals surface area contributed by atoms with Crippen LogP contribution in [-0.4, -0.2) is 30.2 Å². The maximum absolute atomic E-state index is 5.31. The third-order valence-electron chi connectivity index (χ3n) is 2.21. The van der Waals surface area contributed by atoms with Crippen molar-refractivity contribution in [2.24, 2.45) is 0 Å². The van der Waals surface area contributed by atoms with Gasteiger partial charge >= 0.3 is 0 Å². The first-order chi connectivity index (χ1) is 7.72. The Hall–Kier alpha value is -0.430. The van der Waals surface area contributed by atoms with Gasteiger partial charge in [-0.25, -0.2) is 9.97 Å². The second-order valence-electron chi connectivity index (χ2n) is 3.30. The number of anilines is 1. The van der Waals surface area contributed by atoms with Gasteiger partial charge in [-0.1, -0.05) is 6.92 Å². The lowest BCUT2D eigenvalue weighted by Crippen LogP contribution is -2.09. The van der Waals surface area contributed by atoms with Crippen LogP contribution in [0.1, 0.15) is 25.4 Å². The highest BCUT2D eigenvalue weighted by atomic mass is 127. The van der Waals surface area contributed by atoms with Crippen molar-refractivity contribution in [3.05, 3.63) is 15.1 Å². The largest absolute Gasteiger partial charge is 0.381 e. The fraction of sp³-hybridized carbons (Fsp3) is 0.636. The van der Waals surface area contributed by atoms with Gasteiger partial charge in [0.1, 0.15) is 11.6 Å². The molecule has 90 valence electrons. The van der Waals surface area contributed by atoms with E-state index in [1.54, 1.807) is 0 Å². The zero-order valence-corrected chi connectivity index (χ0v) is 12.2. The fourth-order valence-electron chi connectivity index (χ4n) is 1.36. The Balaban J connectivity index is 2.84. The van der Waals surface area contributed by atoms with Crippen molar-refractivity contribution in [2.45, 2.75) is 26.7 Å². The Labute approximate surface area is 110 Å². The second-order valence-corrected chi connectivity index (χ2v) is 4.38. The summed E-state index contributed by atoms with van der Waals surface area (Å²) >= 11 is 2.28. The Morgan fingerprint density at radius 1 is 1.31 bits per heavy atom. The van der Waals surface area contributed by atoms with Crippen LogP contribution in [0.2, 0.25) is 0 Å². The molecular formula is C11H18IN3O. The van der Waals surface area contributed by atoms with Crippen LogP contribution in [0.5, 0.6) is 0 Å². The maximum Gasteiger partial charge on any atom is 0.143 e. The van der Waals surface area contributed by atoms with E-state index >= 15 is 0 Å². The molecular weight excluding hydrogens is 317 g/mol. The molecule has 1 aromatic heterocycles. The number of rotatable bonds is 6. The molecule has 0 radical (unpaired) electrons. The molecule has 0 aliphatic carbocycles. The molecule has 0 atom stereocenters. The lowest BCUT2D eigenvalue weighted by atomic mass is 10.3. The SMILES string of the molecule is CCOCCc1nc(CC)c(I)c(NC)n1. The summed E-state index contributed by atoms with van der Waals surface area (Å²) in [5.74, 6) is 1.77. The van der Waals surface area contributed by atoms with Gasteiger partial charge in [-0.15, -0.1) is 0 Å². The minimum Gasteiger partial charge on any atom is -0.381 e. The fourth-order valence-corrected chi connectivity index (χ4v) is 2.26. The van der Waals surface area contributed by atoms with Gasteiger partial charge in [-0.05, 0) is 35.9 Å². The first-order valence-corrected chi connectivity index (χ1v) is 6.61. The molecule has 1 aromatic rings. The van der Waals surface area contributed by atoms with E-state index in [2.05, 4.69) is 44.8 Å². The molecule has 1 N–H and O–H groups in total. The molecule has 5 heteroatoms. The molecule has 1 heterocycles.